The van der Waals surface area contributed by atoms with Crippen molar-refractivity contribution in [3.05, 3.63) is 52.9 Å². The van der Waals surface area contributed by atoms with Crippen molar-refractivity contribution >= 4 is 5.91 Å². The Hall–Kier alpha value is -2.14. The normalized spacial score (nSPS) is 16.8. The first-order valence-electron chi connectivity index (χ1n) is 7.97. The first kappa shape index (κ1) is 15.7. The van der Waals surface area contributed by atoms with Crippen molar-refractivity contribution in [1.82, 2.24) is 10.5 Å². The minimum Gasteiger partial charge on any atom is -0.383 e. The van der Waals surface area contributed by atoms with Gasteiger partial charge in [-0.3, -0.25) is 4.79 Å². The molecule has 0 bridgehead atoms. The van der Waals surface area contributed by atoms with Gasteiger partial charge in [0, 0.05) is 5.56 Å². The van der Waals surface area contributed by atoms with Gasteiger partial charge in [0.15, 0.2) is 0 Å². The Morgan fingerprint density at radius 2 is 2.04 bits per heavy atom. The number of aromatic nitrogens is 1. The predicted molar refractivity (Wildman–Crippen MR) is 85.8 cm³/mol. The second kappa shape index (κ2) is 6.16. The van der Waals surface area contributed by atoms with E-state index in [1.54, 1.807) is 6.92 Å². The van der Waals surface area contributed by atoms with E-state index < -0.39 is 5.60 Å². The molecule has 1 saturated carbocycles. The van der Waals surface area contributed by atoms with E-state index in [-0.39, 0.29) is 24.8 Å². The molecular weight excluding hydrogens is 292 g/mol. The maximum absolute atomic E-state index is 12.2. The van der Waals surface area contributed by atoms with E-state index in [4.69, 9.17) is 4.52 Å². The summed E-state index contributed by atoms with van der Waals surface area (Å²) in [6.07, 6.45) is 2.20. The number of aliphatic hydroxyl groups is 1. The van der Waals surface area contributed by atoms with Crippen LogP contribution < -0.4 is 5.32 Å². The van der Waals surface area contributed by atoms with Gasteiger partial charge in [-0.25, -0.2) is 0 Å². The highest BCUT2D eigenvalue weighted by Crippen LogP contribution is 2.45. The van der Waals surface area contributed by atoms with E-state index >= 15 is 0 Å². The van der Waals surface area contributed by atoms with Gasteiger partial charge in [0.1, 0.15) is 11.4 Å². The molecule has 1 aliphatic rings. The Bertz CT molecular complexity index is 672. The molecule has 1 fully saturated rings. The van der Waals surface area contributed by atoms with E-state index in [2.05, 4.69) is 10.5 Å². The number of hydrogen-bond acceptors (Lipinski definition) is 4. The topological polar surface area (TPSA) is 75.4 Å². The average Bonchev–Trinajstić information content (AvgIpc) is 3.37. The van der Waals surface area contributed by atoms with Crippen LogP contribution in [-0.4, -0.2) is 22.7 Å². The number of amides is 1. The maximum Gasteiger partial charge on any atom is 0.224 e. The van der Waals surface area contributed by atoms with E-state index in [1.165, 1.54) is 0 Å². The summed E-state index contributed by atoms with van der Waals surface area (Å²) in [5, 5.41) is 17.8. The minimum atomic E-state index is -0.990. The van der Waals surface area contributed by atoms with Crippen LogP contribution in [0.4, 0.5) is 0 Å². The van der Waals surface area contributed by atoms with Gasteiger partial charge < -0.3 is 14.9 Å². The van der Waals surface area contributed by atoms with Gasteiger partial charge in [0.25, 0.3) is 0 Å². The molecule has 0 aliphatic heterocycles. The minimum absolute atomic E-state index is 0.130. The highest BCUT2D eigenvalue weighted by Gasteiger charge is 2.45. The van der Waals surface area contributed by atoms with Crippen LogP contribution in [0.3, 0.4) is 0 Å². The number of hydrogen-bond donors (Lipinski definition) is 2. The van der Waals surface area contributed by atoms with Crippen molar-refractivity contribution in [2.24, 2.45) is 5.92 Å². The molecule has 1 aromatic heterocycles. The lowest BCUT2D eigenvalue weighted by molar-refractivity contribution is -0.122. The second-order valence-electron chi connectivity index (χ2n) is 6.32. The highest BCUT2D eigenvalue weighted by atomic mass is 16.5. The summed E-state index contributed by atoms with van der Waals surface area (Å²) in [4.78, 5) is 12.2. The molecule has 1 amide bonds. The highest BCUT2D eigenvalue weighted by molar-refractivity contribution is 5.79. The van der Waals surface area contributed by atoms with Crippen LogP contribution >= 0.6 is 0 Å². The number of carbonyl (C=O) groups is 1. The number of nitrogens with one attached hydrogen (secondary N) is 1. The SMILES string of the molecule is Cc1noc(C)c1CC(=O)NCC(O)(c1ccccc1)C1CC1. The standard InChI is InChI=1S/C18H22N2O3/c1-12-16(13(2)23-20-12)10-17(21)19-11-18(22,15-8-9-15)14-6-4-3-5-7-14/h3-7,15,22H,8-11H2,1-2H3,(H,19,21). The lowest BCUT2D eigenvalue weighted by Crippen LogP contribution is -2.43. The molecule has 1 aromatic carbocycles. The number of aryl methyl sites for hydroxylation is 2. The van der Waals surface area contributed by atoms with Crippen molar-refractivity contribution in [2.45, 2.75) is 38.7 Å². The molecular formula is C18H22N2O3. The van der Waals surface area contributed by atoms with Crippen molar-refractivity contribution < 1.29 is 14.4 Å². The second-order valence-corrected chi connectivity index (χ2v) is 6.32. The summed E-state index contributed by atoms with van der Waals surface area (Å²) in [5.74, 6) is 0.747. The van der Waals surface area contributed by atoms with Crippen LogP contribution in [-0.2, 0) is 16.8 Å². The fraction of sp³-hybridized carbons (Fsp3) is 0.444. The zero-order chi connectivity index (χ0) is 16.4. The van der Waals surface area contributed by atoms with Crippen LogP contribution in [0.5, 0.6) is 0 Å². The molecule has 2 N–H and O–H groups in total. The molecule has 23 heavy (non-hydrogen) atoms. The van der Waals surface area contributed by atoms with Crippen LogP contribution in [0.25, 0.3) is 0 Å². The Labute approximate surface area is 135 Å². The van der Waals surface area contributed by atoms with Gasteiger partial charge >= 0.3 is 0 Å². The first-order valence-corrected chi connectivity index (χ1v) is 7.97. The van der Waals surface area contributed by atoms with Crippen LogP contribution in [0.2, 0.25) is 0 Å². The molecule has 5 nitrogen and oxygen atoms in total. The Morgan fingerprint density at radius 3 is 2.61 bits per heavy atom. The molecule has 1 heterocycles. The lowest BCUT2D eigenvalue weighted by atomic mass is 9.88. The third-order valence-electron chi connectivity index (χ3n) is 4.60. The smallest absolute Gasteiger partial charge is 0.224 e. The fourth-order valence-corrected chi connectivity index (χ4v) is 2.98. The maximum atomic E-state index is 12.2. The summed E-state index contributed by atoms with van der Waals surface area (Å²) >= 11 is 0. The monoisotopic (exact) mass is 314 g/mol. The predicted octanol–water partition coefficient (Wildman–Crippen LogP) is 2.25. The molecule has 5 heteroatoms. The molecule has 1 atom stereocenters. The third kappa shape index (κ3) is 3.29. The van der Waals surface area contributed by atoms with E-state index in [9.17, 15) is 9.90 Å². The number of nitrogens with zero attached hydrogens (tertiary/aromatic N) is 1. The summed E-state index contributed by atoms with van der Waals surface area (Å²) in [6.45, 7) is 3.85. The molecule has 0 spiro atoms. The summed E-state index contributed by atoms with van der Waals surface area (Å²) in [6, 6.07) is 9.58. The Balaban J connectivity index is 1.67. The molecule has 0 radical (unpaired) electrons. The zero-order valence-corrected chi connectivity index (χ0v) is 13.5. The van der Waals surface area contributed by atoms with Crippen LogP contribution in [0, 0.1) is 19.8 Å². The third-order valence-corrected chi connectivity index (χ3v) is 4.60. The molecule has 122 valence electrons. The first-order chi connectivity index (χ1) is 11.0. The van der Waals surface area contributed by atoms with Crippen molar-refractivity contribution in [3.8, 4) is 0 Å². The van der Waals surface area contributed by atoms with Gasteiger partial charge in [-0.15, -0.1) is 0 Å². The van der Waals surface area contributed by atoms with Crippen LogP contribution in [0.15, 0.2) is 34.9 Å². The Morgan fingerprint density at radius 1 is 1.35 bits per heavy atom. The molecule has 3 rings (SSSR count). The quantitative estimate of drug-likeness (QED) is 0.857. The largest absolute Gasteiger partial charge is 0.383 e. The molecule has 0 saturated heterocycles. The van der Waals surface area contributed by atoms with Gasteiger partial charge in [-0.2, -0.15) is 0 Å². The van der Waals surface area contributed by atoms with E-state index in [1.807, 2.05) is 37.3 Å². The van der Waals surface area contributed by atoms with Gasteiger partial charge in [-0.05, 0) is 38.2 Å². The van der Waals surface area contributed by atoms with Crippen molar-refractivity contribution in [2.75, 3.05) is 6.54 Å². The summed E-state index contributed by atoms with van der Waals surface area (Å²) < 4.78 is 5.08. The number of benzene rings is 1. The summed E-state index contributed by atoms with van der Waals surface area (Å²) in [5.41, 5.74) is 1.42. The fourth-order valence-electron chi connectivity index (χ4n) is 2.98. The zero-order valence-electron chi connectivity index (χ0n) is 13.5. The number of rotatable bonds is 6. The Kier molecular flexibility index (Phi) is 4.22. The molecule has 1 unspecified atom stereocenters. The average molecular weight is 314 g/mol. The van der Waals surface area contributed by atoms with Crippen molar-refractivity contribution in [1.29, 1.82) is 0 Å². The molecule has 2 aromatic rings. The van der Waals surface area contributed by atoms with E-state index in [0.29, 0.717) is 5.76 Å². The summed E-state index contributed by atoms with van der Waals surface area (Å²) in [7, 11) is 0. The van der Waals surface area contributed by atoms with Gasteiger partial charge in [0.05, 0.1) is 18.7 Å². The lowest BCUT2D eigenvalue weighted by Gasteiger charge is -2.29. The number of carbonyl (C=O) groups excluding carboxylic acids is 1. The van der Waals surface area contributed by atoms with E-state index in [0.717, 1.165) is 29.7 Å². The van der Waals surface area contributed by atoms with Crippen LogP contribution in [0.1, 0.15) is 35.4 Å². The molecule has 1 aliphatic carbocycles. The van der Waals surface area contributed by atoms with Gasteiger partial charge in [-0.1, -0.05) is 35.5 Å². The van der Waals surface area contributed by atoms with Gasteiger partial charge in [0.2, 0.25) is 5.91 Å². The van der Waals surface area contributed by atoms with Crippen molar-refractivity contribution in [3.63, 3.8) is 0 Å².